The predicted octanol–water partition coefficient (Wildman–Crippen LogP) is 4.24. The SMILES string of the molecule is CCNC(c1cc(Cl)c(Br)s1)C1OCCC1C. The van der Waals surface area contributed by atoms with Crippen molar-refractivity contribution >= 4 is 38.9 Å². The molecule has 1 aromatic rings. The first-order chi connectivity index (χ1) is 8.13. The number of nitrogens with one attached hydrogen (secondary N) is 1. The summed E-state index contributed by atoms with van der Waals surface area (Å²) in [5.41, 5.74) is 0. The summed E-state index contributed by atoms with van der Waals surface area (Å²) in [4.78, 5) is 1.25. The fourth-order valence-electron chi connectivity index (χ4n) is 2.26. The lowest BCUT2D eigenvalue weighted by molar-refractivity contribution is 0.0622. The molecule has 1 N–H and O–H groups in total. The smallest absolute Gasteiger partial charge is 0.0888 e. The van der Waals surface area contributed by atoms with E-state index in [4.69, 9.17) is 16.3 Å². The van der Waals surface area contributed by atoms with Crippen molar-refractivity contribution in [1.29, 1.82) is 0 Å². The zero-order valence-electron chi connectivity index (χ0n) is 10.0. The summed E-state index contributed by atoms with van der Waals surface area (Å²) >= 11 is 11.3. The van der Waals surface area contributed by atoms with E-state index in [1.807, 2.05) is 6.07 Å². The molecule has 0 radical (unpaired) electrons. The van der Waals surface area contributed by atoms with Crippen molar-refractivity contribution in [3.63, 3.8) is 0 Å². The molecule has 0 aromatic carbocycles. The van der Waals surface area contributed by atoms with Crippen molar-refractivity contribution in [2.45, 2.75) is 32.4 Å². The van der Waals surface area contributed by atoms with Crippen molar-refractivity contribution in [3.05, 3.63) is 19.8 Å². The van der Waals surface area contributed by atoms with Crippen molar-refractivity contribution in [2.24, 2.45) is 5.92 Å². The summed E-state index contributed by atoms with van der Waals surface area (Å²) in [6.07, 6.45) is 1.41. The lowest BCUT2D eigenvalue weighted by atomic mass is 9.96. The molecule has 3 unspecified atom stereocenters. The molecule has 17 heavy (non-hydrogen) atoms. The van der Waals surface area contributed by atoms with Gasteiger partial charge in [-0.2, -0.15) is 0 Å². The van der Waals surface area contributed by atoms with E-state index in [0.29, 0.717) is 5.92 Å². The molecule has 5 heteroatoms. The molecule has 0 amide bonds. The summed E-state index contributed by atoms with van der Waals surface area (Å²) in [7, 11) is 0. The molecule has 1 saturated heterocycles. The van der Waals surface area contributed by atoms with Crippen molar-refractivity contribution in [1.82, 2.24) is 5.32 Å². The largest absolute Gasteiger partial charge is 0.376 e. The fraction of sp³-hybridized carbons (Fsp3) is 0.667. The Balaban J connectivity index is 2.21. The maximum atomic E-state index is 6.11. The standard InChI is InChI=1S/C12H17BrClNOS/c1-3-15-10(11-7(2)4-5-16-11)9-6-8(14)12(13)17-9/h6-7,10-11,15H,3-5H2,1-2H3. The van der Waals surface area contributed by atoms with Crippen molar-refractivity contribution in [2.75, 3.05) is 13.2 Å². The van der Waals surface area contributed by atoms with Gasteiger partial charge in [-0.3, -0.25) is 0 Å². The van der Waals surface area contributed by atoms with Crippen LogP contribution in [0.15, 0.2) is 9.85 Å². The molecule has 2 rings (SSSR count). The van der Waals surface area contributed by atoms with Crippen LogP contribution in [0.1, 0.15) is 31.2 Å². The molecule has 0 aliphatic carbocycles. The van der Waals surface area contributed by atoms with E-state index >= 15 is 0 Å². The van der Waals surface area contributed by atoms with Gasteiger partial charge in [0, 0.05) is 11.5 Å². The van der Waals surface area contributed by atoms with Crippen LogP contribution in [0, 0.1) is 5.92 Å². The first-order valence-electron chi connectivity index (χ1n) is 5.93. The summed E-state index contributed by atoms with van der Waals surface area (Å²) in [6.45, 7) is 6.18. The third-order valence-corrected chi connectivity index (χ3v) is 5.73. The number of rotatable bonds is 4. The van der Waals surface area contributed by atoms with Gasteiger partial charge in [-0.15, -0.1) is 11.3 Å². The Morgan fingerprint density at radius 3 is 2.94 bits per heavy atom. The van der Waals surface area contributed by atoms with Gasteiger partial charge in [0.1, 0.15) is 0 Å². The number of ether oxygens (including phenoxy) is 1. The molecule has 1 fully saturated rings. The quantitative estimate of drug-likeness (QED) is 0.886. The summed E-state index contributed by atoms with van der Waals surface area (Å²) in [5, 5.41) is 4.31. The Hall–Kier alpha value is 0.390. The van der Waals surface area contributed by atoms with Crippen LogP contribution in [0.2, 0.25) is 5.02 Å². The monoisotopic (exact) mass is 337 g/mol. The zero-order chi connectivity index (χ0) is 12.4. The maximum Gasteiger partial charge on any atom is 0.0888 e. The van der Waals surface area contributed by atoms with E-state index in [9.17, 15) is 0 Å². The number of hydrogen-bond donors (Lipinski definition) is 1. The van der Waals surface area contributed by atoms with Gasteiger partial charge in [0.05, 0.1) is 21.0 Å². The Morgan fingerprint density at radius 2 is 2.47 bits per heavy atom. The lowest BCUT2D eigenvalue weighted by Gasteiger charge is -2.25. The van der Waals surface area contributed by atoms with E-state index in [0.717, 1.165) is 28.4 Å². The predicted molar refractivity (Wildman–Crippen MR) is 77.0 cm³/mol. The molecule has 2 nitrogen and oxygen atoms in total. The van der Waals surface area contributed by atoms with Crippen LogP contribution in [-0.4, -0.2) is 19.3 Å². The Labute approximate surface area is 120 Å². The highest BCUT2D eigenvalue weighted by atomic mass is 79.9. The van der Waals surface area contributed by atoms with Gasteiger partial charge in [-0.05, 0) is 40.9 Å². The highest BCUT2D eigenvalue weighted by Gasteiger charge is 2.33. The Bertz CT molecular complexity index is 365. The molecule has 1 aromatic heterocycles. The molecule has 0 spiro atoms. The maximum absolute atomic E-state index is 6.11. The minimum atomic E-state index is 0.256. The molecule has 1 aliphatic heterocycles. The van der Waals surface area contributed by atoms with E-state index in [1.54, 1.807) is 11.3 Å². The zero-order valence-corrected chi connectivity index (χ0v) is 13.2. The van der Waals surface area contributed by atoms with Gasteiger partial charge in [0.2, 0.25) is 0 Å². The van der Waals surface area contributed by atoms with Gasteiger partial charge in [-0.1, -0.05) is 25.4 Å². The third-order valence-electron chi connectivity index (χ3n) is 3.17. The first kappa shape index (κ1) is 13.8. The number of thiophene rings is 1. The minimum Gasteiger partial charge on any atom is -0.376 e. The topological polar surface area (TPSA) is 21.3 Å². The second kappa shape index (κ2) is 6.02. The number of hydrogen-bond acceptors (Lipinski definition) is 3. The number of likely N-dealkylation sites (N-methyl/N-ethyl adjacent to an activating group) is 1. The summed E-state index contributed by atoms with van der Waals surface area (Å²) in [5.74, 6) is 0.596. The molecule has 0 bridgehead atoms. The van der Waals surface area contributed by atoms with Crippen LogP contribution in [0.5, 0.6) is 0 Å². The second-order valence-electron chi connectivity index (χ2n) is 4.41. The average Bonchev–Trinajstić information content (AvgIpc) is 2.83. The Kier molecular flexibility index (Phi) is 4.89. The molecule has 1 aliphatic rings. The highest BCUT2D eigenvalue weighted by molar-refractivity contribution is 9.11. The molecule has 0 saturated carbocycles. The molecule has 3 atom stereocenters. The van der Waals surface area contributed by atoms with E-state index in [1.165, 1.54) is 4.88 Å². The van der Waals surface area contributed by atoms with Crippen LogP contribution >= 0.6 is 38.9 Å². The summed E-state index contributed by atoms with van der Waals surface area (Å²) < 4.78 is 6.87. The van der Waals surface area contributed by atoms with E-state index in [-0.39, 0.29) is 12.1 Å². The molecule has 2 heterocycles. The van der Waals surface area contributed by atoms with Crippen LogP contribution in [0.4, 0.5) is 0 Å². The summed E-state index contributed by atoms with van der Waals surface area (Å²) in [6, 6.07) is 2.30. The molecule has 96 valence electrons. The van der Waals surface area contributed by atoms with Crippen LogP contribution in [0.3, 0.4) is 0 Å². The van der Waals surface area contributed by atoms with Crippen LogP contribution in [-0.2, 0) is 4.74 Å². The highest BCUT2D eigenvalue weighted by Crippen LogP contribution is 2.39. The van der Waals surface area contributed by atoms with Gasteiger partial charge >= 0.3 is 0 Å². The lowest BCUT2D eigenvalue weighted by Crippen LogP contribution is -2.34. The average molecular weight is 339 g/mol. The van der Waals surface area contributed by atoms with E-state index < -0.39 is 0 Å². The third kappa shape index (κ3) is 3.04. The van der Waals surface area contributed by atoms with Gasteiger partial charge in [0.25, 0.3) is 0 Å². The first-order valence-corrected chi connectivity index (χ1v) is 7.92. The Morgan fingerprint density at radius 1 is 1.71 bits per heavy atom. The molecular weight excluding hydrogens is 322 g/mol. The van der Waals surface area contributed by atoms with Crippen molar-refractivity contribution in [3.8, 4) is 0 Å². The van der Waals surface area contributed by atoms with Gasteiger partial charge in [-0.25, -0.2) is 0 Å². The van der Waals surface area contributed by atoms with Gasteiger partial charge < -0.3 is 10.1 Å². The second-order valence-corrected chi connectivity index (χ2v) is 7.22. The van der Waals surface area contributed by atoms with E-state index in [2.05, 4.69) is 35.1 Å². The van der Waals surface area contributed by atoms with Crippen molar-refractivity contribution < 1.29 is 4.74 Å². The number of halogens is 2. The fourth-order valence-corrected chi connectivity index (χ4v) is 4.12. The normalized spacial score (nSPS) is 26.4. The van der Waals surface area contributed by atoms with Crippen LogP contribution in [0.25, 0.3) is 0 Å². The van der Waals surface area contributed by atoms with Gasteiger partial charge in [0.15, 0.2) is 0 Å². The van der Waals surface area contributed by atoms with Crippen LogP contribution < -0.4 is 5.32 Å². The molecular formula is C12H17BrClNOS. The minimum absolute atomic E-state index is 0.256.